The first-order valence-electron chi connectivity index (χ1n) is 7.53. The fourth-order valence-corrected chi connectivity index (χ4v) is 4.75. The SMILES string of the molecule is CCC[C@H](c1ccccn1)N1C(=O)C[C@]2(CCSC2)C1=O. The van der Waals surface area contributed by atoms with Gasteiger partial charge in [0, 0.05) is 18.4 Å². The Morgan fingerprint density at radius 3 is 2.90 bits per heavy atom. The molecule has 0 aliphatic carbocycles. The number of imide groups is 1. The van der Waals surface area contributed by atoms with Gasteiger partial charge in [0.2, 0.25) is 11.8 Å². The highest BCUT2D eigenvalue weighted by Crippen LogP contribution is 2.47. The third-order valence-electron chi connectivity index (χ3n) is 4.44. The predicted octanol–water partition coefficient (Wildman–Crippen LogP) is 2.81. The molecule has 2 amide bonds. The number of carbonyl (C=O) groups excluding carboxylic acids is 2. The fraction of sp³-hybridized carbons (Fsp3) is 0.562. The summed E-state index contributed by atoms with van der Waals surface area (Å²) in [6, 6.07) is 5.48. The minimum Gasteiger partial charge on any atom is -0.274 e. The largest absolute Gasteiger partial charge is 0.274 e. The van der Waals surface area contributed by atoms with Crippen LogP contribution in [0.1, 0.15) is 44.3 Å². The molecule has 1 aromatic rings. The molecule has 0 bridgehead atoms. The quantitative estimate of drug-likeness (QED) is 0.803. The zero-order valence-corrected chi connectivity index (χ0v) is 13.1. The van der Waals surface area contributed by atoms with Crippen molar-refractivity contribution in [2.45, 2.75) is 38.6 Å². The van der Waals surface area contributed by atoms with Crippen molar-refractivity contribution in [2.24, 2.45) is 5.41 Å². The van der Waals surface area contributed by atoms with Crippen LogP contribution in [0, 0.1) is 5.41 Å². The van der Waals surface area contributed by atoms with E-state index in [1.54, 1.807) is 18.0 Å². The number of rotatable bonds is 4. The summed E-state index contributed by atoms with van der Waals surface area (Å²) in [6.07, 6.45) is 4.63. The van der Waals surface area contributed by atoms with E-state index >= 15 is 0 Å². The standard InChI is InChI=1S/C16H20N2O2S/c1-2-5-13(12-6-3-4-8-17-12)18-14(19)10-16(15(18)20)7-9-21-11-16/h3-4,6,8,13H,2,5,7,9-11H2,1H3/t13-,16+/m1/s1. The van der Waals surface area contributed by atoms with Gasteiger partial charge >= 0.3 is 0 Å². The van der Waals surface area contributed by atoms with Gasteiger partial charge in [-0.1, -0.05) is 19.4 Å². The van der Waals surface area contributed by atoms with Crippen LogP contribution in [0.4, 0.5) is 0 Å². The molecule has 0 radical (unpaired) electrons. The summed E-state index contributed by atoms with van der Waals surface area (Å²) in [4.78, 5) is 31.3. The van der Waals surface area contributed by atoms with E-state index in [0.29, 0.717) is 6.42 Å². The topological polar surface area (TPSA) is 50.3 Å². The lowest BCUT2D eigenvalue weighted by atomic mass is 9.86. The van der Waals surface area contributed by atoms with Crippen molar-refractivity contribution in [1.82, 2.24) is 9.88 Å². The highest BCUT2D eigenvalue weighted by atomic mass is 32.2. The molecule has 0 N–H and O–H groups in total. The fourth-order valence-electron chi connectivity index (χ4n) is 3.31. The van der Waals surface area contributed by atoms with Crippen molar-refractivity contribution in [1.29, 1.82) is 0 Å². The number of thioether (sulfide) groups is 1. The molecule has 2 fully saturated rings. The van der Waals surface area contributed by atoms with Crippen LogP contribution in [-0.4, -0.2) is 33.2 Å². The predicted molar refractivity (Wildman–Crippen MR) is 82.7 cm³/mol. The Bertz CT molecular complexity index is 540. The minimum absolute atomic E-state index is 0.0217. The van der Waals surface area contributed by atoms with Crippen molar-refractivity contribution in [3.63, 3.8) is 0 Å². The van der Waals surface area contributed by atoms with Crippen LogP contribution >= 0.6 is 11.8 Å². The third kappa shape index (κ3) is 2.48. The first-order chi connectivity index (χ1) is 10.2. The molecule has 1 spiro atoms. The number of hydrogen-bond donors (Lipinski definition) is 0. The molecule has 21 heavy (non-hydrogen) atoms. The van der Waals surface area contributed by atoms with Crippen LogP contribution in [0.5, 0.6) is 0 Å². The normalized spacial score (nSPS) is 26.8. The second kappa shape index (κ2) is 5.79. The van der Waals surface area contributed by atoms with Crippen LogP contribution < -0.4 is 0 Å². The average Bonchev–Trinajstić information content (AvgIpc) is 3.05. The van der Waals surface area contributed by atoms with Crippen LogP contribution in [0.15, 0.2) is 24.4 Å². The number of amides is 2. The molecule has 0 aromatic carbocycles. The molecule has 2 saturated heterocycles. The van der Waals surface area contributed by atoms with Gasteiger partial charge in [0.25, 0.3) is 0 Å². The molecule has 4 nitrogen and oxygen atoms in total. The van der Waals surface area contributed by atoms with Crippen LogP contribution in [-0.2, 0) is 9.59 Å². The first-order valence-corrected chi connectivity index (χ1v) is 8.68. The van der Waals surface area contributed by atoms with Gasteiger partial charge < -0.3 is 0 Å². The Balaban J connectivity index is 1.92. The lowest BCUT2D eigenvalue weighted by Crippen LogP contribution is -2.38. The van der Waals surface area contributed by atoms with Gasteiger partial charge in [-0.15, -0.1) is 0 Å². The van der Waals surface area contributed by atoms with Gasteiger partial charge in [0.1, 0.15) is 0 Å². The zero-order valence-electron chi connectivity index (χ0n) is 12.2. The highest BCUT2D eigenvalue weighted by Gasteiger charge is 2.54. The molecule has 2 atom stereocenters. The summed E-state index contributed by atoms with van der Waals surface area (Å²) >= 11 is 1.78. The van der Waals surface area contributed by atoms with E-state index in [1.807, 2.05) is 18.2 Å². The molecule has 1 aromatic heterocycles. The lowest BCUT2D eigenvalue weighted by molar-refractivity contribution is -0.144. The summed E-state index contributed by atoms with van der Waals surface area (Å²) < 4.78 is 0. The molecular weight excluding hydrogens is 284 g/mol. The van der Waals surface area contributed by atoms with Crippen molar-refractivity contribution in [3.8, 4) is 0 Å². The van der Waals surface area contributed by atoms with Gasteiger partial charge in [-0.25, -0.2) is 0 Å². The number of hydrogen-bond acceptors (Lipinski definition) is 4. The molecule has 112 valence electrons. The maximum Gasteiger partial charge on any atom is 0.237 e. The Kier molecular flexibility index (Phi) is 4.02. The number of likely N-dealkylation sites (tertiary alicyclic amines) is 1. The maximum atomic E-state index is 12.9. The van der Waals surface area contributed by atoms with Crippen LogP contribution in [0.3, 0.4) is 0 Å². The molecule has 3 rings (SSSR count). The Hall–Kier alpha value is -1.36. The van der Waals surface area contributed by atoms with E-state index in [1.165, 1.54) is 4.90 Å². The summed E-state index contributed by atoms with van der Waals surface area (Å²) in [5.74, 6) is 1.78. The number of pyridine rings is 1. The molecule has 2 aliphatic rings. The van der Waals surface area contributed by atoms with E-state index in [0.717, 1.165) is 36.5 Å². The summed E-state index contributed by atoms with van der Waals surface area (Å²) in [6.45, 7) is 2.07. The molecule has 5 heteroatoms. The highest BCUT2D eigenvalue weighted by molar-refractivity contribution is 7.99. The number of aromatic nitrogens is 1. The van der Waals surface area contributed by atoms with Gasteiger partial charge in [-0.2, -0.15) is 11.8 Å². The summed E-state index contributed by atoms with van der Waals surface area (Å²) in [7, 11) is 0. The summed E-state index contributed by atoms with van der Waals surface area (Å²) in [5.41, 5.74) is 0.395. The minimum atomic E-state index is -0.428. The van der Waals surface area contributed by atoms with Gasteiger partial charge in [0.15, 0.2) is 0 Å². The van der Waals surface area contributed by atoms with Crippen LogP contribution in [0.25, 0.3) is 0 Å². The smallest absolute Gasteiger partial charge is 0.237 e. The van der Waals surface area contributed by atoms with E-state index in [2.05, 4.69) is 11.9 Å². The van der Waals surface area contributed by atoms with Gasteiger partial charge in [0.05, 0.1) is 17.2 Å². The monoisotopic (exact) mass is 304 g/mol. The van der Waals surface area contributed by atoms with E-state index in [-0.39, 0.29) is 17.9 Å². The van der Waals surface area contributed by atoms with Gasteiger partial charge in [-0.05, 0) is 30.7 Å². The lowest BCUT2D eigenvalue weighted by Gasteiger charge is -2.27. The molecule has 3 heterocycles. The third-order valence-corrected chi connectivity index (χ3v) is 5.69. The van der Waals surface area contributed by atoms with Crippen molar-refractivity contribution in [3.05, 3.63) is 30.1 Å². The van der Waals surface area contributed by atoms with Crippen molar-refractivity contribution < 1.29 is 9.59 Å². The van der Waals surface area contributed by atoms with E-state index in [4.69, 9.17) is 0 Å². The zero-order chi connectivity index (χ0) is 14.9. The van der Waals surface area contributed by atoms with Crippen molar-refractivity contribution in [2.75, 3.05) is 11.5 Å². The second-order valence-electron chi connectivity index (χ2n) is 5.89. The average molecular weight is 304 g/mol. The summed E-state index contributed by atoms with van der Waals surface area (Å²) in [5, 5.41) is 0. The molecule has 2 aliphatic heterocycles. The number of carbonyl (C=O) groups is 2. The Morgan fingerprint density at radius 1 is 1.43 bits per heavy atom. The Morgan fingerprint density at radius 2 is 2.29 bits per heavy atom. The second-order valence-corrected chi connectivity index (χ2v) is 6.99. The molecule has 0 unspecified atom stereocenters. The molecule has 0 saturated carbocycles. The molecular formula is C16H20N2O2S. The Labute approximate surface area is 129 Å². The van der Waals surface area contributed by atoms with Gasteiger partial charge in [-0.3, -0.25) is 19.5 Å². The number of nitrogens with zero attached hydrogens (tertiary/aromatic N) is 2. The first kappa shape index (κ1) is 14.6. The van der Waals surface area contributed by atoms with Crippen LogP contribution in [0.2, 0.25) is 0 Å². The maximum absolute atomic E-state index is 12.9. The van der Waals surface area contributed by atoms with E-state index < -0.39 is 5.41 Å². The van der Waals surface area contributed by atoms with E-state index in [9.17, 15) is 9.59 Å². The van der Waals surface area contributed by atoms with Crippen molar-refractivity contribution >= 4 is 23.6 Å².